The van der Waals surface area contributed by atoms with E-state index in [1.54, 1.807) is 0 Å². The van der Waals surface area contributed by atoms with Crippen molar-refractivity contribution in [3.05, 3.63) is 11.6 Å². The quantitative estimate of drug-likeness (QED) is 0.639. The van der Waals surface area contributed by atoms with E-state index in [4.69, 9.17) is 0 Å². The first-order valence-corrected chi connectivity index (χ1v) is 10.3. The van der Waals surface area contributed by atoms with Crippen molar-refractivity contribution in [2.24, 2.45) is 0 Å². The van der Waals surface area contributed by atoms with Crippen LogP contribution in [0.1, 0.15) is 51.9 Å². The fourth-order valence-electron chi connectivity index (χ4n) is 3.80. The molecule has 2 fully saturated rings. The van der Waals surface area contributed by atoms with Crippen molar-refractivity contribution in [1.82, 2.24) is 20.4 Å². The molecule has 1 saturated heterocycles. The van der Waals surface area contributed by atoms with Crippen molar-refractivity contribution in [3.8, 4) is 0 Å². The minimum Gasteiger partial charge on any atom is -0.354 e. The zero-order valence-electron chi connectivity index (χ0n) is 16.1. The first kappa shape index (κ1) is 19.4. The van der Waals surface area contributed by atoms with Crippen LogP contribution in [0.4, 0.5) is 0 Å². The summed E-state index contributed by atoms with van der Waals surface area (Å²) in [4.78, 5) is 28.7. The first-order chi connectivity index (χ1) is 12.6. The summed E-state index contributed by atoms with van der Waals surface area (Å²) < 4.78 is 0. The zero-order valence-corrected chi connectivity index (χ0v) is 16.1. The van der Waals surface area contributed by atoms with Crippen LogP contribution < -0.4 is 10.6 Å². The third kappa shape index (κ3) is 6.09. The number of piperazine rings is 1. The lowest BCUT2D eigenvalue weighted by Gasteiger charge is -2.37. The largest absolute Gasteiger partial charge is 0.354 e. The van der Waals surface area contributed by atoms with Crippen molar-refractivity contribution in [3.63, 3.8) is 0 Å². The number of carbonyl (C=O) groups is 2. The molecule has 1 atom stereocenters. The number of rotatable bonds is 8. The Morgan fingerprint density at radius 3 is 2.62 bits per heavy atom. The van der Waals surface area contributed by atoms with E-state index in [0.29, 0.717) is 12.6 Å². The molecule has 0 bridgehead atoms. The third-order valence-corrected chi connectivity index (χ3v) is 5.77. The van der Waals surface area contributed by atoms with E-state index in [2.05, 4.69) is 26.5 Å². The third-order valence-electron chi connectivity index (χ3n) is 5.77. The van der Waals surface area contributed by atoms with Crippen LogP contribution in [0.15, 0.2) is 11.6 Å². The second-order valence-corrected chi connectivity index (χ2v) is 7.98. The van der Waals surface area contributed by atoms with E-state index >= 15 is 0 Å². The van der Waals surface area contributed by atoms with E-state index in [1.165, 1.54) is 31.3 Å². The molecule has 3 aliphatic rings. The summed E-state index contributed by atoms with van der Waals surface area (Å²) >= 11 is 0. The molecular formula is C20H34N4O2. The highest BCUT2D eigenvalue weighted by Crippen LogP contribution is 2.19. The lowest BCUT2D eigenvalue weighted by atomic mass is 9.97. The molecule has 1 aliphatic heterocycles. The molecule has 1 heterocycles. The van der Waals surface area contributed by atoms with E-state index in [9.17, 15) is 9.59 Å². The van der Waals surface area contributed by atoms with Crippen molar-refractivity contribution in [2.75, 3.05) is 39.3 Å². The topological polar surface area (TPSA) is 64.7 Å². The van der Waals surface area contributed by atoms with Gasteiger partial charge in [-0.1, -0.05) is 11.6 Å². The van der Waals surface area contributed by atoms with Crippen LogP contribution >= 0.6 is 0 Å². The summed E-state index contributed by atoms with van der Waals surface area (Å²) in [7, 11) is 0. The Morgan fingerprint density at radius 2 is 1.96 bits per heavy atom. The second-order valence-electron chi connectivity index (χ2n) is 7.98. The van der Waals surface area contributed by atoms with Gasteiger partial charge in [0.25, 0.3) is 0 Å². The highest BCUT2D eigenvalue weighted by Gasteiger charge is 2.28. The summed E-state index contributed by atoms with van der Waals surface area (Å²) in [5.41, 5.74) is 1.50. The summed E-state index contributed by atoms with van der Waals surface area (Å²) in [5.74, 6) is 0.269. The maximum atomic E-state index is 12.4. The predicted molar refractivity (Wildman–Crippen MR) is 103 cm³/mol. The number of amides is 2. The van der Waals surface area contributed by atoms with Crippen molar-refractivity contribution < 1.29 is 9.59 Å². The van der Waals surface area contributed by atoms with Crippen LogP contribution in [0, 0.1) is 0 Å². The Morgan fingerprint density at radius 1 is 1.19 bits per heavy atom. The van der Waals surface area contributed by atoms with Gasteiger partial charge in [0, 0.05) is 38.8 Å². The molecule has 0 radical (unpaired) electrons. The number of nitrogens with one attached hydrogen (secondary N) is 2. The number of hydrogen-bond donors (Lipinski definition) is 2. The van der Waals surface area contributed by atoms with Crippen LogP contribution in [0.5, 0.6) is 0 Å². The zero-order chi connectivity index (χ0) is 18.4. The van der Waals surface area contributed by atoms with Gasteiger partial charge < -0.3 is 10.6 Å². The Balaban J connectivity index is 1.31. The molecule has 2 aliphatic carbocycles. The van der Waals surface area contributed by atoms with Crippen molar-refractivity contribution in [2.45, 2.75) is 64.0 Å². The van der Waals surface area contributed by atoms with Gasteiger partial charge >= 0.3 is 0 Å². The van der Waals surface area contributed by atoms with E-state index < -0.39 is 0 Å². The Hall–Kier alpha value is -1.40. The fraction of sp³-hybridized carbons (Fsp3) is 0.800. The molecule has 0 aromatic heterocycles. The smallest absolute Gasteiger partial charge is 0.237 e. The van der Waals surface area contributed by atoms with Gasteiger partial charge in [0.1, 0.15) is 0 Å². The summed E-state index contributed by atoms with van der Waals surface area (Å²) in [6.07, 6.45) is 10.6. The Labute approximate surface area is 157 Å². The average Bonchev–Trinajstić information content (AvgIpc) is 3.46. The number of nitrogens with zero attached hydrogens (tertiary/aromatic N) is 2. The number of hydrogen-bond acceptors (Lipinski definition) is 4. The van der Waals surface area contributed by atoms with Crippen LogP contribution in [-0.4, -0.2) is 73.0 Å². The van der Waals surface area contributed by atoms with E-state index in [0.717, 1.165) is 52.0 Å². The van der Waals surface area contributed by atoms with Gasteiger partial charge in [0.15, 0.2) is 0 Å². The minimum absolute atomic E-state index is 0.0993. The van der Waals surface area contributed by atoms with Gasteiger partial charge in [0.05, 0.1) is 12.6 Å². The SMILES string of the molecule is CC(C(=O)NCCC1=CCCCC1)N1CCN(CC(=O)NC2CC2)CC1. The lowest BCUT2D eigenvalue weighted by Crippen LogP contribution is -2.55. The molecule has 146 valence electrons. The predicted octanol–water partition coefficient (Wildman–Crippen LogP) is 1.28. The van der Waals surface area contributed by atoms with Crippen LogP contribution in [0.3, 0.4) is 0 Å². The maximum Gasteiger partial charge on any atom is 0.237 e. The highest BCUT2D eigenvalue weighted by molar-refractivity contribution is 5.81. The van der Waals surface area contributed by atoms with E-state index in [-0.39, 0.29) is 17.9 Å². The summed E-state index contributed by atoms with van der Waals surface area (Å²) in [5, 5.41) is 6.14. The fourth-order valence-corrected chi connectivity index (χ4v) is 3.80. The van der Waals surface area contributed by atoms with Gasteiger partial charge in [-0.15, -0.1) is 0 Å². The van der Waals surface area contributed by atoms with Crippen molar-refractivity contribution >= 4 is 11.8 Å². The van der Waals surface area contributed by atoms with Crippen molar-refractivity contribution in [1.29, 1.82) is 0 Å². The van der Waals surface area contributed by atoms with Gasteiger partial charge in [-0.05, 0) is 51.9 Å². The molecule has 1 saturated carbocycles. The van der Waals surface area contributed by atoms with Crippen LogP contribution in [0.2, 0.25) is 0 Å². The van der Waals surface area contributed by atoms with Gasteiger partial charge in [-0.25, -0.2) is 0 Å². The van der Waals surface area contributed by atoms with Crippen LogP contribution in [0.25, 0.3) is 0 Å². The second kappa shape index (κ2) is 9.51. The average molecular weight is 363 g/mol. The molecule has 6 heteroatoms. The molecule has 3 rings (SSSR count). The number of carbonyl (C=O) groups excluding carboxylic acids is 2. The molecular weight excluding hydrogens is 328 g/mol. The summed E-state index contributed by atoms with van der Waals surface area (Å²) in [6.45, 7) is 6.61. The molecule has 2 amide bonds. The van der Waals surface area contributed by atoms with E-state index in [1.807, 2.05) is 6.92 Å². The summed E-state index contributed by atoms with van der Waals surface area (Å²) in [6, 6.07) is 0.328. The molecule has 26 heavy (non-hydrogen) atoms. The molecule has 0 aromatic rings. The molecule has 0 spiro atoms. The standard InChI is InChI=1S/C20H34N4O2/c1-16(20(26)21-10-9-17-5-3-2-4-6-17)24-13-11-23(12-14-24)15-19(25)22-18-7-8-18/h5,16,18H,2-4,6-15H2,1H3,(H,21,26)(H,22,25). The highest BCUT2D eigenvalue weighted by atomic mass is 16.2. The van der Waals surface area contributed by atoms with Gasteiger partial charge in [-0.2, -0.15) is 0 Å². The molecule has 2 N–H and O–H groups in total. The van der Waals surface area contributed by atoms with Crippen LogP contribution in [-0.2, 0) is 9.59 Å². The monoisotopic (exact) mass is 362 g/mol. The van der Waals surface area contributed by atoms with Gasteiger partial charge in [-0.3, -0.25) is 19.4 Å². The van der Waals surface area contributed by atoms with Gasteiger partial charge in [0.2, 0.25) is 11.8 Å². The number of allylic oxidation sites excluding steroid dienone is 1. The maximum absolute atomic E-state index is 12.4. The molecule has 6 nitrogen and oxygen atoms in total. The first-order valence-electron chi connectivity index (χ1n) is 10.3. The lowest BCUT2D eigenvalue weighted by molar-refractivity contribution is -0.127. The minimum atomic E-state index is -0.0993. The normalized spacial score (nSPS) is 23.2. The Kier molecular flexibility index (Phi) is 7.08. The molecule has 0 aromatic carbocycles. The Bertz CT molecular complexity index is 522. The molecule has 1 unspecified atom stereocenters.